The number of hydrogen-bond acceptors (Lipinski definition) is 2. The molecule has 0 saturated heterocycles. The first-order valence-electron chi connectivity index (χ1n) is 5.89. The molecule has 0 aliphatic heterocycles. The summed E-state index contributed by atoms with van der Waals surface area (Å²) in [4.78, 5) is 0. The summed E-state index contributed by atoms with van der Waals surface area (Å²) in [5.74, 6) is 0.308. The van der Waals surface area contributed by atoms with Crippen molar-refractivity contribution in [2.75, 3.05) is 0 Å². The fraction of sp³-hybridized carbons (Fsp3) is 0.429. The van der Waals surface area contributed by atoms with Crippen molar-refractivity contribution in [2.24, 2.45) is 5.73 Å². The number of benzene rings is 1. The average molecular weight is 219 g/mol. The number of hydrogen-bond donors (Lipinski definition) is 2. The third kappa shape index (κ3) is 3.70. The lowest BCUT2D eigenvalue weighted by Crippen LogP contribution is -2.25. The summed E-state index contributed by atoms with van der Waals surface area (Å²) in [6.45, 7) is 4.25. The Morgan fingerprint density at radius 3 is 2.75 bits per heavy atom. The van der Waals surface area contributed by atoms with Crippen LogP contribution < -0.4 is 5.73 Å². The standard InChI is InChI=1S/C14H21NO/c1-3-6-12(4-2)14(15)10-11-7-5-8-13(16)9-11/h5-9,14,16H,3-4,10,15H2,1-2H3. The molecule has 0 aliphatic carbocycles. The van der Waals surface area contributed by atoms with E-state index in [1.54, 1.807) is 12.1 Å². The zero-order valence-electron chi connectivity index (χ0n) is 10.1. The van der Waals surface area contributed by atoms with Crippen molar-refractivity contribution in [3.05, 3.63) is 41.5 Å². The number of aromatic hydroxyl groups is 1. The lowest BCUT2D eigenvalue weighted by Gasteiger charge is -2.15. The first-order valence-corrected chi connectivity index (χ1v) is 5.89. The van der Waals surface area contributed by atoms with Gasteiger partial charge >= 0.3 is 0 Å². The highest BCUT2D eigenvalue weighted by Gasteiger charge is 2.08. The summed E-state index contributed by atoms with van der Waals surface area (Å²) in [5.41, 5.74) is 8.53. The second-order valence-corrected chi connectivity index (χ2v) is 4.02. The monoisotopic (exact) mass is 219 g/mol. The fourth-order valence-electron chi connectivity index (χ4n) is 1.89. The molecule has 2 heteroatoms. The van der Waals surface area contributed by atoms with Crippen molar-refractivity contribution in [3.63, 3.8) is 0 Å². The van der Waals surface area contributed by atoms with E-state index in [0.29, 0.717) is 5.75 Å². The predicted molar refractivity (Wildman–Crippen MR) is 68.5 cm³/mol. The Morgan fingerprint density at radius 2 is 2.19 bits per heavy atom. The molecule has 0 radical (unpaired) electrons. The molecule has 0 bridgehead atoms. The third-order valence-corrected chi connectivity index (χ3v) is 2.72. The summed E-state index contributed by atoms with van der Waals surface area (Å²) in [6.07, 6.45) is 5.01. The van der Waals surface area contributed by atoms with Gasteiger partial charge in [-0.05, 0) is 37.0 Å². The van der Waals surface area contributed by atoms with Gasteiger partial charge in [0.05, 0.1) is 0 Å². The molecule has 1 atom stereocenters. The molecule has 3 N–H and O–H groups in total. The molecular formula is C14H21NO. The van der Waals surface area contributed by atoms with Gasteiger partial charge in [-0.3, -0.25) is 0 Å². The van der Waals surface area contributed by atoms with E-state index in [1.165, 1.54) is 5.57 Å². The van der Waals surface area contributed by atoms with Gasteiger partial charge in [0.2, 0.25) is 0 Å². The van der Waals surface area contributed by atoms with Crippen LogP contribution in [-0.4, -0.2) is 11.1 Å². The number of phenols is 1. The van der Waals surface area contributed by atoms with Gasteiger partial charge in [-0.25, -0.2) is 0 Å². The van der Waals surface area contributed by atoms with Crippen LogP contribution in [0.2, 0.25) is 0 Å². The molecule has 1 rings (SSSR count). The highest BCUT2D eigenvalue weighted by atomic mass is 16.3. The summed E-state index contributed by atoms with van der Waals surface area (Å²) in [7, 11) is 0. The van der Waals surface area contributed by atoms with E-state index in [4.69, 9.17) is 5.73 Å². The third-order valence-electron chi connectivity index (χ3n) is 2.72. The zero-order chi connectivity index (χ0) is 12.0. The van der Waals surface area contributed by atoms with Crippen LogP contribution in [0.4, 0.5) is 0 Å². The Balaban J connectivity index is 2.70. The van der Waals surface area contributed by atoms with E-state index in [2.05, 4.69) is 19.9 Å². The van der Waals surface area contributed by atoms with Gasteiger partial charge in [0.25, 0.3) is 0 Å². The number of allylic oxidation sites excluding steroid dienone is 1. The Hall–Kier alpha value is -1.28. The Bertz CT molecular complexity index is 358. The molecule has 0 saturated carbocycles. The molecule has 0 aromatic heterocycles. The van der Waals surface area contributed by atoms with Crippen molar-refractivity contribution in [3.8, 4) is 5.75 Å². The fourth-order valence-corrected chi connectivity index (χ4v) is 1.89. The minimum atomic E-state index is 0.0618. The van der Waals surface area contributed by atoms with Gasteiger partial charge in [-0.2, -0.15) is 0 Å². The van der Waals surface area contributed by atoms with Crippen LogP contribution in [0.1, 0.15) is 32.3 Å². The van der Waals surface area contributed by atoms with Crippen LogP contribution in [0.3, 0.4) is 0 Å². The molecule has 1 aromatic carbocycles. The lowest BCUT2D eigenvalue weighted by molar-refractivity contribution is 0.474. The normalized spacial score (nSPS) is 13.8. The molecule has 2 nitrogen and oxygen atoms in total. The molecule has 0 spiro atoms. The van der Waals surface area contributed by atoms with Crippen molar-refractivity contribution in [1.29, 1.82) is 0 Å². The summed E-state index contributed by atoms with van der Waals surface area (Å²) in [6, 6.07) is 7.37. The quantitative estimate of drug-likeness (QED) is 0.748. The summed E-state index contributed by atoms with van der Waals surface area (Å²) < 4.78 is 0. The van der Waals surface area contributed by atoms with Crippen LogP contribution in [0.25, 0.3) is 0 Å². The average Bonchev–Trinajstić information content (AvgIpc) is 2.25. The zero-order valence-corrected chi connectivity index (χ0v) is 10.1. The molecule has 0 amide bonds. The van der Waals surface area contributed by atoms with E-state index in [1.807, 2.05) is 12.1 Å². The largest absolute Gasteiger partial charge is 0.508 e. The van der Waals surface area contributed by atoms with Crippen molar-refractivity contribution < 1.29 is 5.11 Å². The number of rotatable bonds is 5. The van der Waals surface area contributed by atoms with Gasteiger partial charge in [-0.15, -0.1) is 0 Å². The SMILES string of the molecule is CCC=C(CC)C(N)Cc1cccc(O)c1. The van der Waals surface area contributed by atoms with E-state index in [9.17, 15) is 5.11 Å². The van der Waals surface area contributed by atoms with E-state index in [0.717, 1.165) is 24.8 Å². The van der Waals surface area contributed by atoms with Crippen LogP contribution >= 0.6 is 0 Å². The van der Waals surface area contributed by atoms with Gasteiger partial charge in [0.15, 0.2) is 0 Å². The first-order chi connectivity index (χ1) is 7.67. The second kappa shape index (κ2) is 6.33. The summed E-state index contributed by atoms with van der Waals surface area (Å²) in [5, 5.41) is 9.37. The van der Waals surface area contributed by atoms with Crippen molar-refractivity contribution in [1.82, 2.24) is 0 Å². The smallest absolute Gasteiger partial charge is 0.115 e. The molecule has 16 heavy (non-hydrogen) atoms. The van der Waals surface area contributed by atoms with Gasteiger partial charge < -0.3 is 10.8 Å². The van der Waals surface area contributed by atoms with Crippen LogP contribution in [0.15, 0.2) is 35.9 Å². The number of nitrogens with two attached hydrogens (primary N) is 1. The lowest BCUT2D eigenvalue weighted by atomic mass is 9.97. The minimum Gasteiger partial charge on any atom is -0.508 e. The van der Waals surface area contributed by atoms with Gasteiger partial charge in [0, 0.05) is 6.04 Å². The van der Waals surface area contributed by atoms with Crippen LogP contribution in [0, 0.1) is 0 Å². The predicted octanol–water partition coefficient (Wildman–Crippen LogP) is 3.01. The van der Waals surface area contributed by atoms with Crippen LogP contribution in [0.5, 0.6) is 5.75 Å². The maximum atomic E-state index is 9.37. The summed E-state index contributed by atoms with van der Waals surface area (Å²) >= 11 is 0. The topological polar surface area (TPSA) is 46.2 Å². The maximum absolute atomic E-state index is 9.37. The highest BCUT2D eigenvalue weighted by molar-refractivity contribution is 5.29. The maximum Gasteiger partial charge on any atom is 0.115 e. The Labute approximate surface area is 97.8 Å². The van der Waals surface area contributed by atoms with E-state index >= 15 is 0 Å². The van der Waals surface area contributed by atoms with Crippen molar-refractivity contribution in [2.45, 2.75) is 39.2 Å². The van der Waals surface area contributed by atoms with Gasteiger partial charge in [0.1, 0.15) is 5.75 Å². The molecular weight excluding hydrogens is 198 g/mol. The minimum absolute atomic E-state index is 0.0618. The number of phenolic OH excluding ortho intramolecular Hbond substituents is 1. The van der Waals surface area contributed by atoms with Crippen LogP contribution in [-0.2, 0) is 6.42 Å². The Morgan fingerprint density at radius 1 is 1.44 bits per heavy atom. The second-order valence-electron chi connectivity index (χ2n) is 4.02. The van der Waals surface area contributed by atoms with E-state index in [-0.39, 0.29) is 6.04 Å². The highest BCUT2D eigenvalue weighted by Crippen LogP contribution is 2.16. The Kier molecular flexibility index (Phi) is 5.06. The first kappa shape index (κ1) is 12.8. The molecule has 88 valence electrons. The van der Waals surface area contributed by atoms with E-state index < -0.39 is 0 Å². The molecule has 1 unspecified atom stereocenters. The van der Waals surface area contributed by atoms with Gasteiger partial charge in [-0.1, -0.05) is 37.6 Å². The van der Waals surface area contributed by atoms with Crippen molar-refractivity contribution >= 4 is 0 Å². The molecule has 0 aliphatic rings. The molecule has 1 aromatic rings. The molecule has 0 fully saturated rings. The molecule has 0 heterocycles.